The molecular weight excluding hydrogens is 348 g/mol. The van der Waals surface area contributed by atoms with Gasteiger partial charge in [-0.25, -0.2) is 4.79 Å². The minimum absolute atomic E-state index is 0.150. The highest BCUT2D eigenvalue weighted by Crippen LogP contribution is 2.15. The van der Waals surface area contributed by atoms with Crippen LogP contribution in [0.15, 0.2) is 22.9 Å². The van der Waals surface area contributed by atoms with Crippen LogP contribution in [0.1, 0.15) is 57.4 Å². The molecule has 0 bridgehead atoms. The number of H-pyrrole nitrogens is 1. The Labute approximate surface area is 159 Å². The Balaban J connectivity index is 0.000000251. The van der Waals surface area contributed by atoms with Gasteiger partial charge in [-0.3, -0.25) is 9.89 Å². The number of carbonyl (C=O) groups is 2. The lowest BCUT2D eigenvalue weighted by atomic mass is 10.3. The van der Waals surface area contributed by atoms with Crippen molar-refractivity contribution in [2.75, 3.05) is 5.32 Å². The van der Waals surface area contributed by atoms with Gasteiger partial charge in [-0.15, -0.1) is 0 Å². The molecular formula is C18H30N6O3. The summed E-state index contributed by atoms with van der Waals surface area (Å²) in [5, 5.41) is 15.1. The third-order valence-corrected chi connectivity index (χ3v) is 3.47. The summed E-state index contributed by atoms with van der Waals surface area (Å²) in [5.74, 6) is 0.941. The second kappa shape index (κ2) is 12.5. The van der Waals surface area contributed by atoms with E-state index in [1.54, 1.807) is 25.3 Å². The molecule has 1 fully saturated rings. The third-order valence-electron chi connectivity index (χ3n) is 3.47. The summed E-state index contributed by atoms with van der Waals surface area (Å²) in [6, 6.07) is 3.09. The van der Waals surface area contributed by atoms with Crippen molar-refractivity contribution < 1.29 is 14.1 Å². The van der Waals surface area contributed by atoms with Gasteiger partial charge in [0.15, 0.2) is 0 Å². The van der Waals surface area contributed by atoms with E-state index in [1.807, 2.05) is 13.8 Å². The number of amides is 3. The van der Waals surface area contributed by atoms with Crippen molar-refractivity contribution in [1.29, 1.82) is 0 Å². The Bertz CT molecular complexity index is 655. The molecule has 0 atom stereocenters. The maximum absolute atomic E-state index is 11.4. The van der Waals surface area contributed by atoms with E-state index in [0.717, 1.165) is 5.69 Å². The number of aromatic amines is 1. The average Bonchev–Trinajstić information content (AvgIpc) is 3.31. The van der Waals surface area contributed by atoms with Gasteiger partial charge >= 0.3 is 6.03 Å². The number of nitrogens with one attached hydrogen (secondary N) is 3. The van der Waals surface area contributed by atoms with Gasteiger partial charge in [-0.1, -0.05) is 37.3 Å². The van der Waals surface area contributed by atoms with E-state index < -0.39 is 6.03 Å². The molecule has 0 radical (unpaired) electrons. The first-order valence-electron chi connectivity index (χ1n) is 9.14. The van der Waals surface area contributed by atoms with E-state index in [9.17, 15) is 9.59 Å². The maximum Gasteiger partial charge on any atom is 0.312 e. The molecule has 2 aromatic heterocycles. The van der Waals surface area contributed by atoms with Gasteiger partial charge in [0.05, 0.1) is 18.3 Å². The Morgan fingerprint density at radius 2 is 1.89 bits per heavy atom. The molecule has 0 aliphatic heterocycles. The van der Waals surface area contributed by atoms with Gasteiger partial charge in [-0.05, 0) is 20.8 Å². The smallest absolute Gasteiger partial charge is 0.312 e. The lowest BCUT2D eigenvalue weighted by molar-refractivity contribution is -0.115. The number of aryl methyl sites for hydroxylation is 1. The zero-order chi connectivity index (χ0) is 20.1. The summed E-state index contributed by atoms with van der Waals surface area (Å²) in [7, 11) is 0. The quantitative estimate of drug-likeness (QED) is 0.648. The first kappa shape index (κ1) is 22.2. The van der Waals surface area contributed by atoms with Gasteiger partial charge < -0.3 is 20.9 Å². The second-order valence-corrected chi connectivity index (χ2v) is 6.56. The zero-order valence-electron chi connectivity index (χ0n) is 16.2. The molecule has 3 amide bonds. The molecule has 5 N–H and O–H groups in total. The van der Waals surface area contributed by atoms with Crippen LogP contribution in [0.5, 0.6) is 0 Å². The fourth-order valence-corrected chi connectivity index (χ4v) is 2.35. The van der Waals surface area contributed by atoms with E-state index in [2.05, 4.69) is 26.0 Å². The molecule has 150 valence electrons. The molecule has 27 heavy (non-hydrogen) atoms. The molecule has 9 heteroatoms. The molecule has 0 saturated heterocycles. The first-order valence-corrected chi connectivity index (χ1v) is 9.14. The Morgan fingerprint density at radius 1 is 1.26 bits per heavy atom. The van der Waals surface area contributed by atoms with Crippen molar-refractivity contribution in [2.24, 2.45) is 5.73 Å². The van der Waals surface area contributed by atoms with Crippen molar-refractivity contribution in [3.8, 4) is 0 Å². The second-order valence-electron chi connectivity index (χ2n) is 6.56. The molecule has 9 nitrogen and oxygen atoms in total. The van der Waals surface area contributed by atoms with Gasteiger partial charge in [0.2, 0.25) is 5.91 Å². The number of urea groups is 1. The number of nitrogens with two attached hydrogens (primary N) is 1. The minimum Gasteiger partial charge on any atom is -0.361 e. The first-order chi connectivity index (χ1) is 12.9. The molecule has 0 aromatic carbocycles. The summed E-state index contributed by atoms with van der Waals surface area (Å²) in [5.41, 5.74) is 5.51. The number of hydrogen-bond acceptors (Lipinski definition) is 5. The lowest BCUT2D eigenvalue weighted by Crippen LogP contribution is -2.34. The Morgan fingerprint density at radius 3 is 2.26 bits per heavy atom. The fraction of sp³-hybridized carbons (Fsp3) is 0.556. The number of anilines is 1. The largest absolute Gasteiger partial charge is 0.361 e. The molecule has 1 aliphatic carbocycles. The van der Waals surface area contributed by atoms with E-state index in [0.29, 0.717) is 11.6 Å². The summed E-state index contributed by atoms with van der Waals surface area (Å²) in [4.78, 5) is 21.4. The monoisotopic (exact) mass is 378 g/mol. The van der Waals surface area contributed by atoms with Crippen molar-refractivity contribution in [2.45, 2.75) is 65.3 Å². The van der Waals surface area contributed by atoms with Crippen LogP contribution >= 0.6 is 0 Å². The standard InChI is InChI=1S/C9H10N4O2.C5H10.C4H10N2O/c1-6-4-7(15-13-6)5-9(14)11-8-2-3-10-12-8;1-2-4-5-3-1;1-3(2)6-4(5)7/h2-4H,5H2,1H3,(H2,10,11,12,14);1-5H2;3H,1-2H3,(H3,5,6,7). The number of primary amides is 1. The molecule has 0 spiro atoms. The number of rotatable bonds is 4. The molecule has 1 saturated carbocycles. The highest BCUT2D eigenvalue weighted by molar-refractivity contribution is 5.90. The van der Waals surface area contributed by atoms with Crippen LogP contribution in [-0.4, -0.2) is 33.3 Å². The third kappa shape index (κ3) is 11.4. The lowest BCUT2D eigenvalue weighted by Gasteiger charge is -2.01. The van der Waals surface area contributed by atoms with Gasteiger partial charge in [0.1, 0.15) is 11.6 Å². The van der Waals surface area contributed by atoms with Gasteiger partial charge in [-0.2, -0.15) is 5.10 Å². The zero-order valence-corrected chi connectivity index (χ0v) is 16.2. The molecule has 1 aliphatic rings. The van der Waals surface area contributed by atoms with E-state index in [1.165, 1.54) is 32.1 Å². The molecule has 3 rings (SSSR count). The summed E-state index contributed by atoms with van der Waals surface area (Å²) >= 11 is 0. The van der Waals surface area contributed by atoms with Crippen LogP contribution in [0.4, 0.5) is 10.6 Å². The van der Waals surface area contributed by atoms with Crippen molar-refractivity contribution in [3.05, 3.63) is 29.8 Å². The highest BCUT2D eigenvalue weighted by Gasteiger charge is 2.08. The normalized spacial score (nSPS) is 12.4. The summed E-state index contributed by atoms with van der Waals surface area (Å²) in [6.45, 7) is 5.51. The highest BCUT2D eigenvalue weighted by atomic mass is 16.5. The van der Waals surface area contributed by atoms with E-state index in [-0.39, 0.29) is 18.4 Å². The van der Waals surface area contributed by atoms with Crippen molar-refractivity contribution in [3.63, 3.8) is 0 Å². The summed E-state index contributed by atoms with van der Waals surface area (Å²) < 4.78 is 4.92. The maximum atomic E-state index is 11.4. The fourth-order valence-electron chi connectivity index (χ4n) is 2.35. The Hall–Kier alpha value is -2.84. The molecule has 2 heterocycles. The predicted octanol–water partition coefficient (Wildman–Crippen LogP) is 2.90. The van der Waals surface area contributed by atoms with Crippen LogP contribution < -0.4 is 16.4 Å². The SMILES string of the molecule is C1CCCC1.CC(C)NC(N)=O.Cc1cc(CC(=O)Nc2ccn[nH]2)on1. The number of aromatic nitrogens is 3. The molecule has 2 aromatic rings. The average molecular weight is 378 g/mol. The minimum atomic E-state index is -0.463. The topological polar surface area (TPSA) is 139 Å². The van der Waals surface area contributed by atoms with Crippen molar-refractivity contribution >= 4 is 17.8 Å². The summed E-state index contributed by atoms with van der Waals surface area (Å²) in [6.07, 6.45) is 9.23. The number of hydrogen-bond donors (Lipinski definition) is 4. The van der Waals surface area contributed by atoms with Crippen LogP contribution in [0, 0.1) is 6.92 Å². The van der Waals surface area contributed by atoms with E-state index >= 15 is 0 Å². The number of carbonyl (C=O) groups excluding carboxylic acids is 2. The van der Waals surface area contributed by atoms with Crippen LogP contribution in [0.2, 0.25) is 0 Å². The van der Waals surface area contributed by atoms with Gasteiger partial charge in [0.25, 0.3) is 0 Å². The van der Waals surface area contributed by atoms with Gasteiger partial charge in [0, 0.05) is 18.2 Å². The van der Waals surface area contributed by atoms with Crippen LogP contribution in [-0.2, 0) is 11.2 Å². The molecule has 0 unspecified atom stereocenters. The number of nitrogens with zero attached hydrogens (tertiary/aromatic N) is 2. The predicted molar refractivity (Wildman–Crippen MR) is 103 cm³/mol. The Kier molecular flexibility index (Phi) is 10.3. The van der Waals surface area contributed by atoms with E-state index in [4.69, 9.17) is 10.3 Å². The van der Waals surface area contributed by atoms with Crippen molar-refractivity contribution in [1.82, 2.24) is 20.7 Å². The van der Waals surface area contributed by atoms with Crippen LogP contribution in [0.25, 0.3) is 0 Å². The van der Waals surface area contributed by atoms with Crippen LogP contribution in [0.3, 0.4) is 0 Å².